The number of ether oxygens (including phenoxy) is 2. The van der Waals surface area contributed by atoms with Crippen molar-refractivity contribution in [1.29, 1.82) is 0 Å². The standard InChI is InChI=1S/C57H76ClN3O5/c1-35(2)47-43(62)32-57(51-59-33-42(61(51)30-29-60(10)11)37-17-19-38(58)20-18-37)28-27-55(8)39(48(47)57)21-22-45-54(7)25-24-46(53(5,6)44(54)23-26-56(45,55)9)66-50(64)41-31-40(52(41,3)4)49(63)65-34-36-15-13-12-14-16-36/h12-20,33,35,39-41,44-46H,21-32,34H2,1-11H3/t39-,40+,41-,44+,45-,46+,54+,55-,56-,57-/m1/s1. The molecule has 6 aliphatic carbocycles. The van der Waals surface area contributed by atoms with E-state index in [1.807, 2.05) is 56.3 Å². The van der Waals surface area contributed by atoms with Crippen molar-refractivity contribution in [1.82, 2.24) is 14.5 Å². The van der Waals surface area contributed by atoms with Gasteiger partial charge in [0.1, 0.15) is 18.5 Å². The molecule has 66 heavy (non-hydrogen) atoms. The van der Waals surface area contributed by atoms with E-state index < -0.39 is 10.8 Å². The quantitative estimate of drug-likeness (QED) is 0.177. The summed E-state index contributed by atoms with van der Waals surface area (Å²) in [6.45, 7) is 23.0. The molecule has 0 aliphatic heterocycles. The van der Waals surface area contributed by atoms with Gasteiger partial charge in [0.05, 0.1) is 29.1 Å². The number of rotatable bonds is 11. The Labute approximate surface area is 400 Å². The average molecular weight is 919 g/mol. The third-order valence-electron chi connectivity index (χ3n) is 19.9. The van der Waals surface area contributed by atoms with E-state index in [1.165, 1.54) is 5.57 Å². The number of aromatic nitrogens is 2. The van der Waals surface area contributed by atoms with Gasteiger partial charge in [-0.15, -0.1) is 0 Å². The number of hydrogen-bond acceptors (Lipinski definition) is 7. The number of hydrogen-bond donors (Lipinski definition) is 0. The van der Waals surface area contributed by atoms with Crippen LogP contribution in [0.1, 0.15) is 138 Å². The molecule has 1 aromatic heterocycles. The van der Waals surface area contributed by atoms with Crippen LogP contribution in [0.4, 0.5) is 0 Å². The van der Waals surface area contributed by atoms with Gasteiger partial charge in [0.2, 0.25) is 0 Å². The number of benzene rings is 2. The molecule has 5 saturated carbocycles. The summed E-state index contributed by atoms with van der Waals surface area (Å²) in [5.74, 6) is 1.69. The summed E-state index contributed by atoms with van der Waals surface area (Å²) in [7, 11) is 4.25. The zero-order chi connectivity index (χ0) is 47.4. The average Bonchev–Trinajstić information content (AvgIpc) is 3.82. The fraction of sp³-hybridized carbons (Fsp3) is 0.649. The van der Waals surface area contributed by atoms with E-state index in [1.54, 1.807) is 0 Å². The largest absolute Gasteiger partial charge is 0.462 e. The van der Waals surface area contributed by atoms with Crippen LogP contribution >= 0.6 is 11.6 Å². The van der Waals surface area contributed by atoms with Crippen molar-refractivity contribution >= 4 is 29.3 Å². The lowest BCUT2D eigenvalue weighted by Gasteiger charge is -2.72. The number of carbonyl (C=O) groups excluding carboxylic acids is 3. The van der Waals surface area contributed by atoms with Gasteiger partial charge in [-0.2, -0.15) is 0 Å². The molecule has 0 radical (unpaired) electrons. The van der Waals surface area contributed by atoms with Gasteiger partial charge in [0.15, 0.2) is 5.78 Å². The molecular weight excluding hydrogens is 842 g/mol. The van der Waals surface area contributed by atoms with Crippen molar-refractivity contribution < 1.29 is 23.9 Å². The van der Waals surface area contributed by atoms with Crippen molar-refractivity contribution in [3.63, 3.8) is 0 Å². The molecule has 3 aromatic rings. The predicted octanol–water partition coefficient (Wildman–Crippen LogP) is 12.3. The Balaban J connectivity index is 0.965. The van der Waals surface area contributed by atoms with Gasteiger partial charge in [0.25, 0.3) is 0 Å². The van der Waals surface area contributed by atoms with Crippen molar-refractivity contribution in [2.45, 2.75) is 151 Å². The summed E-state index contributed by atoms with van der Waals surface area (Å²) < 4.78 is 14.8. The van der Waals surface area contributed by atoms with E-state index in [-0.39, 0.29) is 64.1 Å². The van der Waals surface area contributed by atoms with Gasteiger partial charge in [-0.1, -0.05) is 116 Å². The molecule has 6 aliphatic rings. The first kappa shape index (κ1) is 47.3. The molecule has 356 valence electrons. The van der Waals surface area contributed by atoms with Crippen LogP contribution < -0.4 is 0 Å². The number of nitrogens with zero attached hydrogens (tertiary/aromatic N) is 3. The molecule has 2 aromatic carbocycles. The minimum absolute atomic E-state index is 0.00953. The molecule has 0 amide bonds. The number of ketones is 1. The first-order chi connectivity index (χ1) is 31.1. The Morgan fingerprint density at radius 1 is 0.818 bits per heavy atom. The Bertz CT molecular complexity index is 2400. The third kappa shape index (κ3) is 7.21. The summed E-state index contributed by atoms with van der Waals surface area (Å²) in [6, 6.07) is 17.9. The Kier molecular flexibility index (Phi) is 12.0. The highest BCUT2D eigenvalue weighted by Gasteiger charge is 2.71. The maximum Gasteiger partial charge on any atom is 0.309 e. The molecule has 8 nitrogen and oxygen atoms in total. The Hall–Kier alpha value is -3.75. The van der Waals surface area contributed by atoms with Crippen molar-refractivity contribution in [2.24, 2.45) is 62.6 Å². The normalized spacial score (nSPS) is 35.4. The van der Waals surface area contributed by atoms with E-state index in [4.69, 9.17) is 26.1 Å². The number of Topliss-reactive ketones (excluding diaryl/α,β-unsaturated/α-hetero) is 1. The van der Waals surface area contributed by atoms with Gasteiger partial charge in [-0.3, -0.25) is 14.4 Å². The summed E-state index contributed by atoms with van der Waals surface area (Å²) in [5.41, 5.74) is 4.64. The van der Waals surface area contributed by atoms with E-state index in [0.717, 1.165) is 92.7 Å². The summed E-state index contributed by atoms with van der Waals surface area (Å²) in [4.78, 5) is 49.6. The van der Waals surface area contributed by atoms with Crippen LogP contribution in [0.25, 0.3) is 11.3 Å². The van der Waals surface area contributed by atoms with Crippen LogP contribution in [-0.4, -0.2) is 58.9 Å². The summed E-state index contributed by atoms with van der Waals surface area (Å²) in [6.07, 6.45) is 11.1. The lowest BCUT2D eigenvalue weighted by Crippen LogP contribution is -2.66. The number of allylic oxidation sites excluding steroid dienone is 2. The van der Waals surface area contributed by atoms with Crippen LogP contribution in [0.2, 0.25) is 5.02 Å². The first-order valence-corrected chi connectivity index (χ1v) is 25.6. The maximum atomic E-state index is 14.7. The van der Waals surface area contributed by atoms with Gasteiger partial charge in [0, 0.05) is 29.9 Å². The Morgan fingerprint density at radius 2 is 1.52 bits per heavy atom. The first-order valence-electron chi connectivity index (χ1n) is 25.3. The molecule has 0 N–H and O–H groups in total. The fourth-order valence-corrected chi connectivity index (χ4v) is 16.1. The van der Waals surface area contributed by atoms with E-state index in [9.17, 15) is 14.4 Å². The minimum atomic E-state index is -0.532. The number of imidazole rings is 1. The highest BCUT2D eigenvalue weighted by Crippen LogP contribution is 2.77. The number of carbonyl (C=O) groups is 3. The number of likely N-dealkylation sites (N-methyl/N-ethyl adjacent to an activating group) is 1. The number of halogens is 1. The van der Waals surface area contributed by atoms with Gasteiger partial charge < -0.3 is 18.9 Å². The smallest absolute Gasteiger partial charge is 0.309 e. The molecule has 1 heterocycles. The Morgan fingerprint density at radius 3 is 2.18 bits per heavy atom. The molecular formula is C57H76ClN3O5. The second kappa shape index (κ2) is 16.7. The van der Waals surface area contributed by atoms with E-state index >= 15 is 0 Å². The molecule has 0 bridgehead atoms. The van der Waals surface area contributed by atoms with E-state index in [2.05, 4.69) is 90.4 Å². The maximum absolute atomic E-state index is 14.7. The van der Waals surface area contributed by atoms with Crippen LogP contribution in [0.5, 0.6) is 0 Å². The molecule has 0 saturated heterocycles. The lowest BCUT2D eigenvalue weighted by molar-refractivity contribution is -0.235. The van der Waals surface area contributed by atoms with Crippen LogP contribution in [-0.2, 0) is 42.4 Å². The highest BCUT2D eigenvalue weighted by atomic mass is 35.5. The SMILES string of the molecule is CC(C)C1=C2[C@H]3CC[C@@H]4[C@@]5(C)CC[C@H](OC(=O)[C@H]6C[C@@H](C(=O)OCc7ccccc7)C6(C)C)C(C)(C)[C@@H]5CC[C@@]4(C)[C@]3(C)CC[C@@]2(c2ncc(-c3ccc(Cl)cc3)n2CCN(C)C)CC1=O. The molecule has 5 fully saturated rings. The zero-order valence-corrected chi connectivity index (χ0v) is 42.5. The molecule has 9 rings (SSSR count). The minimum Gasteiger partial charge on any atom is -0.462 e. The van der Waals surface area contributed by atoms with Crippen LogP contribution in [0.3, 0.4) is 0 Å². The molecule has 0 unspecified atom stereocenters. The highest BCUT2D eigenvalue weighted by molar-refractivity contribution is 6.30. The molecule has 10 atom stereocenters. The number of fused-ring (bicyclic) bond motifs is 7. The fourth-order valence-electron chi connectivity index (χ4n) is 16.0. The topological polar surface area (TPSA) is 90.7 Å². The van der Waals surface area contributed by atoms with E-state index in [0.29, 0.717) is 41.4 Å². The second-order valence-electron chi connectivity index (χ2n) is 24.2. The van der Waals surface area contributed by atoms with Gasteiger partial charge in [-0.25, -0.2) is 4.98 Å². The van der Waals surface area contributed by atoms with Crippen molar-refractivity contribution in [3.05, 3.63) is 88.4 Å². The van der Waals surface area contributed by atoms with Gasteiger partial charge in [-0.05, 0) is 152 Å². The summed E-state index contributed by atoms with van der Waals surface area (Å²) in [5, 5.41) is 0.715. The van der Waals surface area contributed by atoms with Crippen molar-refractivity contribution in [3.8, 4) is 11.3 Å². The monoisotopic (exact) mass is 918 g/mol. The summed E-state index contributed by atoms with van der Waals surface area (Å²) >= 11 is 6.38. The van der Waals surface area contributed by atoms with Crippen LogP contribution in [0, 0.1) is 62.6 Å². The number of esters is 2. The lowest BCUT2D eigenvalue weighted by atomic mass is 9.33. The zero-order valence-electron chi connectivity index (χ0n) is 41.8. The second-order valence-corrected chi connectivity index (χ2v) is 24.7. The molecule has 9 heteroatoms. The third-order valence-corrected chi connectivity index (χ3v) is 20.1. The van der Waals surface area contributed by atoms with Crippen LogP contribution in [0.15, 0.2) is 71.9 Å². The van der Waals surface area contributed by atoms with Gasteiger partial charge >= 0.3 is 11.9 Å². The molecule has 0 spiro atoms. The van der Waals surface area contributed by atoms with Crippen molar-refractivity contribution in [2.75, 3.05) is 20.6 Å². The predicted molar refractivity (Wildman–Crippen MR) is 261 cm³/mol.